The smallest absolute Gasteiger partial charge is 0.230 e. The summed E-state index contributed by atoms with van der Waals surface area (Å²) in [5, 5.41) is 10.2. The third kappa shape index (κ3) is 3.35. The number of nitrogens with zero attached hydrogens (tertiary/aromatic N) is 1. The van der Waals surface area contributed by atoms with Gasteiger partial charge in [0.05, 0.1) is 22.8 Å². The number of aromatic amines is 1. The van der Waals surface area contributed by atoms with Crippen LogP contribution in [0.15, 0.2) is 18.2 Å². The van der Waals surface area contributed by atoms with Crippen molar-refractivity contribution < 1.29 is 4.79 Å². The molecule has 1 aromatic carbocycles. The Labute approximate surface area is 117 Å². The van der Waals surface area contributed by atoms with Crippen molar-refractivity contribution in [1.82, 2.24) is 10.2 Å². The van der Waals surface area contributed by atoms with Gasteiger partial charge in [-0.2, -0.15) is 5.10 Å². The highest BCUT2D eigenvalue weighted by molar-refractivity contribution is 6.34. The number of benzene rings is 1. The molecule has 19 heavy (non-hydrogen) atoms. The zero-order valence-corrected chi connectivity index (χ0v) is 11.9. The highest BCUT2D eigenvalue weighted by Gasteiger charge is 2.11. The Morgan fingerprint density at radius 3 is 2.63 bits per heavy atom. The van der Waals surface area contributed by atoms with E-state index in [9.17, 15) is 4.79 Å². The molecule has 1 amide bonds. The Hall–Kier alpha value is -1.81. The molecular weight excluding hydrogens is 262 g/mol. The first-order valence-corrected chi connectivity index (χ1v) is 6.41. The van der Waals surface area contributed by atoms with E-state index in [0.717, 1.165) is 22.5 Å². The SMILES string of the molecule is Cc1cc(C)c(NC(=O)Cc2cc(C)[nH]n2)c(Cl)c1. The van der Waals surface area contributed by atoms with Crippen LogP contribution in [0.4, 0.5) is 5.69 Å². The second kappa shape index (κ2) is 5.45. The normalized spacial score (nSPS) is 10.5. The van der Waals surface area contributed by atoms with Gasteiger partial charge in [-0.1, -0.05) is 17.7 Å². The number of H-pyrrole nitrogens is 1. The van der Waals surface area contributed by atoms with Gasteiger partial charge in [-0.05, 0) is 44.0 Å². The van der Waals surface area contributed by atoms with Crippen LogP contribution in [0.5, 0.6) is 0 Å². The molecule has 2 aromatic rings. The molecular formula is C14H16ClN3O. The van der Waals surface area contributed by atoms with E-state index in [0.29, 0.717) is 10.7 Å². The molecule has 4 nitrogen and oxygen atoms in total. The Kier molecular flexibility index (Phi) is 3.90. The lowest BCUT2D eigenvalue weighted by Crippen LogP contribution is -2.15. The van der Waals surface area contributed by atoms with E-state index in [1.54, 1.807) is 0 Å². The van der Waals surface area contributed by atoms with Crippen LogP contribution in [0.2, 0.25) is 5.02 Å². The summed E-state index contributed by atoms with van der Waals surface area (Å²) in [5.74, 6) is -0.125. The Bertz CT molecular complexity index is 596. The van der Waals surface area contributed by atoms with Crippen molar-refractivity contribution in [2.24, 2.45) is 0 Å². The number of halogens is 1. The summed E-state index contributed by atoms with van der Waals surface area (Å²) >= 11 is 6.15. The van der Waals surface area contributed by atoms with Gasteiger partial charge in [0.15, 0.2) is 0 Å². The number of aryl methyl sites for hydroxylation is 3. The second-order valence-electron chi connectivity index (χ2n) is 4.71. The molecule has 1 aromatic heterocycles. The molecule has 2 rings (SSSR count). The van der Waals surface area contributed by atoms with Gasteiger partial charge >= 0.3 is 0 Å². The average molecular weight is 278 g/mol. The number of amides is 1. The molecule has 0 atom stereocenters. The van der Waals surface area contributed by atoms with Gasteiger partial charge in [0.25, 0.3) is 0 Å². The predicted octanol–water partition coefficient (Wildman–Crippen LogP) is 3.17. The zero-order chi connectivity index (χ0) is 14.0. The number of hydrogen-bond donors (Lipinski definition) is 2. The van der Waals surface area contributed by atoms with Crippen LogP contribution in [-0.2, 0) is 11.2 Å². The number of anilines is 1. The number of nitrogens with one attached hydrogen (secondary N) is 2. The van der Waals surface area contributed by atoms with Crippen molar-refractivity contribution in [2.75, 3.05) is 5.32 Å². The van der Waals surface area contributed by atoms with Gasteiger partial charge in [0.1, 0.15) is 0 Å². The van der Waals surface area contributed by atoms with Crippen molar-refractivity contribution in [2.45, 2.75) is 27.2 Å². The van der Waals surface area contributed by atoms with Crippen molar-refractivity contribution in [3.63, 3.8) is 0 Å². The van der Waals surface area contributed by atoms with Crippen molar-refractivity contribution in [3.05, 3.63) is 45.7 Å². The van der Waals surface area contributed by atoms with Crippen molar-refractivity contribution in [3.8, 4) is 0 Å². The summed E-state index contributed by atoms with van der Waals surface area (Å²) in [6, 6.07) is 5.67. The standard InChI is InChI=1S/C14H16ClN3O/c1-8-4-9(2)14(12(15)5-8)16-13(19)7-11-6-10(3)17-18-11/h4-6H,7H2,1-3H3,(H,16,19)(H,17,18). The van der Waals surface area contributed by atoms with E-state index in [1.807, 2.05) is 39.0 Å². The van der Waals surface area contributed by atoms with Gasteiger partial charge in [-0.3, -0.25) is 9.89 Å². The molecule has 0 saturated heterocycles. The number of aromatic nitrogens is 2. The van der Waals surface area contributed by atoms with Gasteiger partial charge in [0.2, 0.25) is 5.91 Å². The fourth-order valence-corrected chi connectivity index (χ4v) is 2.36. The van der Waals surface area contributed by atoms with E-state index in [-0.39, 0.29) is 12.3 Å². The van der Waals surface area contributed by atoms with Gasteiger partial charge in [-0.15, -0.1) is 0 Å². The molecule has 0 aliphatic carbocycles. The lowest BCUT2D eigenvalue weighted by atomic mass is 10.1. The minimum absolute atomic E-state index is 0.125. The van der Waals surface area contributed by atoms with Crippen LogP contribution in [-0.4, -0.2) is 16.1 Å². The Morgan fingerprint density at radius 2 is 2.05 bits per heavy atom. The molecule has 100 valence electrons. The van der Waals surface area contributed by atoms with E-state index in [4.69, 9.17) is 11.6 Å². The third-order valence-corrected chi connectivity index (χ3v) is 3.09. The topological polar surface area (TPSA) is 57.8 Å². The summed E-state index contributed by atoms with van der Waals surface area (Å²) in [4.78, 5) is 12.0. The number of rotatable bonds is 3. The lowest BCUT2D eigenvalue weighted by Gasteiger charge is -2.11. The minimum Gasteiger partial charge on any atom is -0.324 e. The van der Waals surface area contributed by atoms with Gasteiger partial charge in [0, 0.05) is 5.69 Å². The largest absolute Gasteiger partial charge is 0.324 e. The Morgan fingerprint density at radius 1 is 1.32 bits per heavy atom. The maximum Gasteiger partial charge on any atom is 0.230 e. The zero-order valence-electron chi connectivity index (χ0n) is 11.2. The van der Waals surface area contributed by atoms with Crippen LogP contribution < -0.4 is 5.32 Å². The summed E-state index contributed by atoms with van der Waals surface area (Å²) in [5.41, 5.74) is 4.35. The highest BCUT2D eigenvalue weighted by atomic mass is 35.5. The monoisotopic (exact) mass is 277 g/mol. The summed E-state index contributed by atoms with van der Waals surface area (Å²) in [7, 11) is 0. The predicted molar refractivity (Wildman–Crippen MR) is 76.6 cm³/mol. The third-order valence-electron chi connectivity index (χ3n) is 2.80. The number of carbonyl (C=O) groups is 1. The molecule has 1 heterocycles. The number of hydrogen-bond acceptors (Lipinski definition) is 2. The van der Waals surface area contributed by atoms with E-state index >= 15 is 0 Å². The molecule has 0 aliphatic rings. The summed E-state index contributed by atoms with van der Waals surface area (Å²) in [6.45, 7) is 5.79. The first-order valence-electron chi connectivity index (χ1n) is 6.03. The minimum atomic E-state index is -0.125. The maximum absolute atomic E-state index is 12.0. The number of carbonyl (C=O) groups excluding carboxylic acids is 1. The molecule has 0 fully saturated rings. The first-order chi connectivity index (χ1) is 8.95. The molecule has 0 saturated carbocycles. The summed E-state index contributed by atoms with van der Waals surface area (Å²) in [6.07, 6.45) is 0.230. The van der Waals surface area contributed by atoms with Crippen molar-refractivity contribution in [1.29, 1.82) is 0 Å². The first kappa shape index (κ1) is 13.6. The van der Waals surface area contributed by atoms with Gasteiger partial charge in [-0.25, -0.2) is 0 Å². The van der Waals surface area contributed by atoms with Crippen LogP contribution in [0.25, 0.3) is 0 Å². The quantitative estimate of drug-likeness (QED) is 0.905. The molecule has 0 unspecified atom stereocenters. The second-order valence-corrected chi connectivity index (χ2v) is 5.11. The molecule has 0 bridgehead atoms. The van der Waals surface area contributed by atoms with Crippen LogP contribution in [0.1, 0.15) is 22.5 Å². The van der Waals surface area contributed by atoms with Crippen molar-refractivity contribution >= 4 is 23.2 Å². The van der Waals surface area contributed by atoms with E-state index in [2.05, 4.69) is 15.5 Å². The Balaban J connectivity index is 2.11. The van der Waals surface area contributed by atoms with Gasteiger partial charge < -0.3 is 5.32 Å². The maximum atomic E-state index is 12.0. The van der Waals surface area contributed by atoms with Crippen LogP contribution in [0.3, 0.4) is 0 Å². The summed E-state index contributed by atoms with van der Waals surface area (Å²) < 4.78 is 0. The molecule has 5 heteroatoms. The van der Waals surface area contributed by atoms with E-state index in [1.165, 1.54) is 0 Å². The van der Waals surface area contributed by atoms with Crippen LogP contribution in [0, 0.1) is 20.8 Å². The van der Waals surface area contributed by atoms with E-state index < -0.39 is 0 Å². The molecule has 0 spiro atoms. The fraction of sp³-hybridized carbons (Fsp3) is 0.286. The molecule has 0 radical (unpaired) electrons. The molecule has 0 aliphatic heterocycles. The lowest BCUT2D eigenvalue weighted by molar-refractivity contribution is -0.115. The average Bonchev–Trinajstić information content (AvgIpc) is 2.69. The fourth-order valence-electron chi connectivity index (χ4n) is 1.99. The molecule has 2 N–H and O–H groups in total. The highest BCUT2D eigenvalue weighted by Crippen LogP contribution is 2.27. The van der Waals surface area contributed by atoms with Crippen LogP contribution >= 0.6 is 11.6 Å².